The van der Waals surface area contributed by atoms with Gasteiger partial charge in [-0.3, -0.25) is 0 Å². The zero-order valence-corrected chi connectivity index (χ0v) is 9.80. The number of benzene rings is 1. The SMILES string of the molecule is CCc1cc(Br)c2ccn(C)c2c1O. The van der Waals surface area contributed by atoms with Crippen LogP contribution >= 0.6 is 15.9 Å². The molecule has 74 valence electrons. The van der Waals surface area contributed by atoms with E-state index in [1.807, 2.05) is 36.9 Å². The van der Waals surface area contributed by atoms with Gasteiger partial charge in [-0.1, -0.05) is 22.9 Å². The minimum Gasteiger partial charge on any atom is -0.505 e. The Balaban J connectivity index is 2.91. The van der Waals surface area contributed by atoms with Crippen LogP contribution in [0.4, 0.5) is 0 Å². The van der Waals surface area contributed by atoms with Gasteiger partial charge in [-0.25, -0.2) is 0 Å². The highest BCUT2D eigenvalue weighted by Gasteiger charge is 2.11. The number of phenolic OH excluding ortho intramolecular Hbond substituents is 1. The summed E-state index contributed by atoms with van der Waals surface area (Å²) < 4.78 is 2.98. The molecule has 2 nitrogen and oxygen atoms in total. The smallest absolute Gasteiger partial charge is 0.143 e. The maximum Gasteiger partial charge on any atom is 0.143 e. The Hall–Kier alpha value is -0.960. The lowest BCUT2D eigenvalue weighted by atomic mass is 10.1. The molecule has 1 N–H and O–H groups in total. The summed E-state index contributed by atoms with van der Waals surface area (Å²) in [5.74, 6) is 0.401. The second-order valence-electron chi connectivity index (χ2n) is 3.41. The lowest BCUT2D eigenvalue weighted by molar-refractivity contribution is 0.472. The highest BCUT2D eigenvalue weighted by molar-refractivity contribution is 9.10. The highest BCUT2D eigenvalue weighted by atomic mass is 79.9. The average Bonchev–Trinajstić information content (AvgIpc) is 2.54. The Kier molecular flexibility index (Phi) is 2.27. The average molecular weight is 254 g/mol. The third-order valence-electron chi connectivity index (χ3n) is 2.54. The molecule has 0 atom stereocenters. The minimum absolute atomic E-state index is 0.401. The fraction of sp³-hybridized carbons (Fsp3) is 0.273. The van der Waals surface area contributed by atoms with Crippen molar-refractivity contribution in [3.63, 3.8) is 0 Å². The Morgan fingerprint density at radius 1 is 1.50 bits per heavy atom. The molecule has 0 spiro atoms. The number of phenols is 1. The first-order valence-corrected chi connectivity index (χ1v) is 5.39. The molecule has 0 unspecified atom stereocenters. The lowest BCUT2D eigenvalue weighted by Gasteiger charge is -2.07. The first kappa shape index (κ1) is 9.59. The quantitative estimate of drug-likeness (QED) is 0.830. The van der Waals surface area contributed by atoms with Gasteiger partial charge in [0.25, 0.3) is 0 Å². The van der Waals surface area contributed by atoms with E-state index in [1.54, 1.807) is 0 Å². The second-order valence-corrected chi connectivity index (χ2v) is 4.26. The zero-order chi connectivity index (χ0) is 10.3. The summed E-state index contributed by atoms with van der Waals surface area (Å²) in [6, 6.07) is 3.98. The number of aromatic hydroxyl groups is 1. The Morgan fingerprint density at radius 3 is 2.86 bits per heavy atom. The zero-order valence-electron chi connectivity index (χ0n) is 8.21. The van der Waals surface area contributed by atoms with E-state index in [0.717, 1.165) is 27.4 Å². The minimum atomic E-state index is 0.401. The molecule has 1 heterocycles. The second kappa shape index (κ2) is 3.31. The van der Waals surface area contributed by atoms with E-state index >= 15 is 0 Å². The van der Waals surface area contributed by atoms with E-state index in [2.05, 4.69) is 15.9 Å². The molecule has 1 aromatic heterocycles. The van der Waals surface area contributed by atoms with Crippen LogP contribution in [0.25, 0.3) is 10.9 Å². The number of halogens is 1. The van der Waals surface area contributed by atoms with Crippen molar-refractivity contribution in [3.8, 4) is 5.75 Å². The Labute approximate surface area is 91.3 Å². The predicted octanol–water partition coefficient (Wildman–Crippen LogP) is 3.21. The van der Waals surface area contributed by atoms with Crippen LogP contribution in [0, 0.1) is 0 Å². The molecule has 2 rings (SSSR count). The van der Waals surface area contributed by atoms with E-state index in [9.17, 15) is 5.11 Å². The van der Waals surface area contributed by atoms with Gasteiger partial charge < -0.3 is 9.67 Å². The molecule has 14 heavy (non-hydrogen) atoms. The molecule has 0 bridgehead atoms. The van der Waals surface area contributed by atoms with Gasteiger partial charge >= 0.3 is 0 Å². The monoisotopic (exact) mass is 253 g/mol. The van der Waals surface area contributed by atoms with Crippen LogP contribution in [0.2, 0.25) is 0 Å². The van der Waals surface area contributed by atoms with Crippen molar-refractivity contribution in [2.45, 2.75) is 13.3 Å². The van der Waals surface area contributed by atoms with Crippen molar-refractivity contribution in [1.82, 2.24) is 4.57 Å². The first-order valence-electron chi connectivity index (χ1n) is 4.60. The van der Waals surface area contributed by atoms with Crippen LogP contribution in [0.5, 0.6) is 5.75 Å². The maximum atomic E-state index is 10.0. The standard InChI is InChI=1S/C11H12BrNO/c1-3-7-6-9(12)8-4-5-13(2)10(8)11(7)14/h4-6,14H,3H2,1-2H3. The first-order chi connectivity index (χ1) is 6.65. The largest absolute Gasteiger partial charge is 0.505 e. The fourth-order valence-electron chi connectivity index (χ4n) is 1.74. The molecule has 0 aliphatic carbocycles. The van der Waals surface area contributed by atoms with Crippen molar-refractivity contribution in [1.29, 1.82) is 0 Å². The number of aromatic nitrogens is 1. The van der Waals surface area contributed by atoms with Gasteiger partial charge in [-0.2, -0.15) is 0 Å². The molecule has 0 saturated heterocycles. The van der Waals surface area contributed by atoms with E-state index in [1.165, 1.54) is 0 Å². The summed E-state index contributed by atoms with van der Waals surface area (Å²) in [6.07, 6.45) is 2.79. The maximum absolute atomic E-state index is 10.0. The van der Waals surface area contributed by atoms with Crippen molar-refractivity contribution >= 4 is 26.8 Å². The lowest BCUT2D eigenvalue weighted by Crippen LogP contribution is -1.89. The van der Waals surface area contributed by atoms with Crippen molar-refractivity contribution < 1.29 is 5.11 Å². The number of hydrogen-bond acceptors (Lipinski definition) is 1. The van der Waals surface area contributed by atoms with Crippen molar-refractivity contribution in [2.24, 2.45) is 7.05 Å². The molecule has 0 aliphatic rings. The summed E-state index contributed by atoms with van der Waals surface area (Å²) in [4.78, 5) is 0. The third kappa shape index (κ3) is 1.23. The summed E-state index contributed by atoms with van der Waals surface area (Å²) in [5.41, 5.74) is 1.88. The van der Waals surface area contributed by atoms with Crippen LogP contribution in [-0.4, -0.2) is 9.67 Å². The van der Waals surface area contributed by atoms with Crippen molar-refractivity contribution in [3.05, 3.63) is 28.4 Å². The topological polar surface area (TPSA) is 25.2 Å². The van der Waals surface area contributed by atoms with E-state index < -0.39 is 0 Å². The molecule has 0 radical (unpaired) electrons. The van der Waals surface area contributed by atoms with Crippen LogP contribution in [0.15, 0.2) is 22.8 Å². The molecule has 0 saturated carbocycles. The van der Waals surface area contributed by atoms with Crippen LogP contribution in [0.3, 0.4) is 0 Å². The highest BCUT2D eigenvalue weighted by Crippen LogP contribution is 2.35. The Bertz CT molecular complexity index is 487. The van der Waals surface area contributed by atoms with Gasteiger partial charge in [0.1, 0.15) is 5.75 Å². The van der Waals surface area contributed by atoms with Gasteiger partial charge in [0, 0.05) is 23.1 Å². The molecule has 0 fully saturated rings. The summed E-state index contributed by atoms with van der Waals surface area (Å²) in [7, 11) is 1.94. The van der Waals surface area contributed by atoms with Crippen molar-refractivity contribution in [2.75, 3.05) is 0 Å². The van der Waals surface area contributed by atoms with E-state index in [-0.39, 0.29) is 0 Å². The summed E-state index contributed by atoms with van der Waals surface area (Å²) in [5, 5.41) is 11.1. The molecule has 1 aromatic carbocycles. The molecular formula is C11H12BrNO. The summed E-state index contributed by atoms with van der Waals surface area (Å²) in [6.45, 7) is 2.04. The van der Waals surface area contributed by atoms with Crippen LogP contribution in [0.1, 0.15) is 12.5 Å². The molecule has 0 amide bonds. The van der Waals surface area contributed by atoms with Gasteiger partial charge in [-0.15, -0.1) is 0 Å². The van der Waals surface area contributed by atoms with Crippen LogP contribution < -0.4 is 0 Å². The third-order valence-corrected chi connectivity index (χ3v) is 3.20. The van der Waals surface area contributed by atoms with Gasteiger partial charge in [-0.05, 0) is 24.1 Å². The normalized spacial score (nSPS) is 11.1. The molecular weight excluding hydrogens is 242 g/mol. The van der Waals surface area contributed by atoms with Gasteiger partial charge in [0.2, 0.25) is 0 Å². The molecule has 0 aliphatic heterocycles. The fourth-order valence-corrected chi connectivity index (χ4v) is 2.33. The van der Waals surface area contributed by atoms with Crippen LogP contribution in [-0.2, 0) is 13.5 Å². The molecule has 3 heteroatoms. The van der Waals surface area contributed by atoms with E-state index in [0.29, 0.717) is 5.75 Å². The van der Waals surface area contributed by atoms with Gasteiger partial charge in [0.15, 0.2) is 0 Å². The number of rotatable bonds is 1. The predicted molar refractivity (Wildman–Crippen MR) is 61.7 cm³/mol. The summed E-state index contributed by atoms with van der Waals surface area (Å²) >= 11 is 3.51. The Morgan fingerprint density at radius 2 is 2.21 bits per heavy atom. The number of nitrogens with zero attached hydrogens (tertiary/aromatic N) is 1. The van der Waals surface area contributed by atoms with E-state index in [4.69, 9.17) is 0 Å². The number of hydrogen-bond donors (Lipinski definition) is 1. The number of aryl methyl sites for hydroxylation is 2. The number of fused-ring (bicyclic) bond motifs is 1. The molecule has 2 aromatic rings. The van der Waals surface area contributed by atoms with Gasteiger partial charge in [0.05, 0.1) is 5.52 Å².